The largest absolute Gasteiger partial charge is 0.493 e. The van der Waals surface area contributed by atoms with Gasteiger partial charge in [0.1, 0.15) is 11.8 Å². The van der Waals surface area contributed by atoms with Crippen LogP contribution >= 0.6 is 0 Å². The van der Waals surface area contributed by atoms with Crippen LogP contribution in [0.5, 0.6) is 11.5 Å². The zero-order valence-corrected chi connectivity index (χ0v) is 23.7. The van der Waals surface area contributed by atoms with Crippen LogP contribution in [0.2, 0.25) is 0 Å². The van der Waals surface area contributed by atoms with E-state index < -0.39 is 11.6 Å². The number of para-hydroxylation sites is 1. The zero-order valence-electron chi connectivity index (χ0n) is 23.7. The lowest BCUT2D eigenvalue weighted by molar-refractivity contribution is -0.144. The molecule has 1 aliphatic rings. The van der Waals surface area contributed by atoms with Gasteiger partial charge in [0.05, 0.1) is 20.3 Å². The van der Waals surface area contributed by atoms with Gasteiger partial charge in [-0.15, -0.1) is 0 Å². The highest BCUT2D eigenvalue weighted by Crippen LogP contribution is 2.38. The second-order valence-electron chi connectivity index (χ2n) is 10.3. The van der Waals surface area contributed by atoms with Crippen molar-refractivity contribution in [2.75, 3.05) is 32.7 Å². The van der Waals surface area contributed by atoms with Crippen molar-refractivity contribution in [2.45, 2.75) is 77.5 Å². The highest BCUT2D eigenvalue weighted by Gasteiger charge is 2.38. The Bertz CT molecular complexity index is 1140. The molecule has 3 amide bonds. The van der Waals surface area contributed by atoms with Crippen molar-refractivity contribution in [3.05, 3.63) is 35.6 Å². The first-order valence-electron chi connectivity index (χ1n) is 13.3. The van der Waals surface area contributed by atoms with Gasteiger partial charge in [0.15, 0.2) is 17.3 Å². The first-order valence-corrected chi connectivity index (χ1v) is 13.3. The van der Waals surface area contributed by atoms with Crippen LogP contribution in [0, 0.1) is 6.92 Å². The Morgan fingerprint density at radius 2 is 1.97 bits per heavy atom. The Labute approximate surface area is 229 Å². The fraction of sp³-hybridized carbons (Fsp3) is 0.571. The number of ether oxygens (including phenoxy) is 3. The molecule has 0 aliphatic carbocycles. The van der Waals surface area contributed by atoms with Crippen molar-refractivity contribution in [1.29, 1.82) is 0 Å². The minimum Gasteiger partial charge on any atom is -0.493 e. The van der Waals surface area contributed by atoms with E-state index in [1.54, 1.807) is 31.2 Å². The summed E-state index contributed by atoms with van der Waals surface area (Å²) in [7, 11) is 3.01. The second kappa shape index (κ2) is 13.5. The number of amides is 3. The molecule has 3 rings (SSSR count). The van der Waals surface area contributed by atoms with E-state index in [2.05, 4.69) is 15.8 Å². The standard InChI is InChI=1S/C28H40N4O7/c1-7-28(3,4)30-27(35)25(20-11-8-12-21(36-5)26(20)37-6)32(17-19-10-9-15-38-19)24(34)14-13-23(33)29-22-16-18(2)39-31-22/h8,11-12,16,19,25H,7,9-10,13-15,17H2,1-6H3,(H,30,35)(H,29,31,33)/t19-,25-/m0/s1. The van der Waals surface area contributed by atoms with Gasteiger partial charge in [-0.3, -0.25) is 14.4 Å². The van der Waals surface area contributed by atoms with Crippen molar-refractivity contribution in [3.8, 4) is 11.5 Å². The van der Waals surface area contributed by atoms with Crippen LogP contribution in [0.15, 0.2) is 28.8 Å². The molecule has 1 fully saturated rings. The van der Waals surface area contributed by atoms with Gasteiger partial charge in [-0.1, -0.05) is 24.2 Å². The molecule has 2 N–H and O–H groups in total. The number of hydrogen-bond donors (Lipinski definition) is 2. The van der Waals surface area contributed by atoms with Crippen LogP contribution in [0.4, 0.5) is 5.82 Å². The SMILES string of the molecule is CCC(C)(C)NC(=O)[C@H](c1cccc(OC)c1OC)N(C[C@@H]1CCCO1)C(=O)CCC(=O)Nc1cc(C)on1. The maximum Gasteiger partial charge on any atom is 0.248 e. The van der Waals surface area contributed by atoms with Crippen molar-refractivity contribution >= 4 is 23.5 Å². The Morgan fingerprint density at radius 3 is 2.56 bits per heavy atom. The van der Waals surface area contributed by atoms with Crippen molar-refractivity contribution in [2.24, 2.45) is 0 Å². The quantitative estimate of drug-likeness (QED) is 0.389. The number of aryl methyl sites for hydroxylation is 1. The number of nitrogens with one attached hydrogen (secondary N) is 2. The number of anilines is 1. The molecule has 1 aromatic carbocycles. The zero-order chi connectivity index (χ0) is 28.6. The average Bonchev–Trinajstić information content (AvgIpc) is 3.57. The molecule has 214 valence electrons. The third-order valence-electron chi connectivity index (χ3n) is 6.84. The predicted molar refractivity (Wildman–Crippen MR) is 145 cm³/mol. The molecule has 0 radical (unpaired) electrons. The predicted octanol–water partition coefficient (Wildman–Crippen LogP) is 3.77. The van der Waals surface area contributed by atoms with Crippen LogP contribution in [-0.4, -0.2) is 66.8 Å². The molecule has 39 heavy (non-hydrogen) atoms. The van der Waals surface area contributed by atoms with Crippen molar-refractivity contribution in [3.63, 3.8) is 0 Å². The fourth-order valence-corrected chi connectivity index (χ4v) is 4.42. The van der Waals surface area contributed by atoms with E-state index in [1.165, 1.54) is 19.1 Å². The molecule has 11 nitrogen and oxygen atoms in total. The molecule has 0 spiro atoms. The maximum absolute atomic E-state index is 13.9. The minimum absolute atomic E-state index is 0.100. The van der Waals surface area contributed by atoms with E-state index >= 15 is 0 Å². The molecule has 1 saturated heterocycles. The van der Waals surface area contributed by atoms with E-state index in [9.17, 15) is 14.4 Å². The third-order valence-corrected chi connectivity index (χ3v) is 6.84. The molecule has 2 heterocycles. The highest BCUT2D eigenvalue weighted by molar-refractivity contribution is 5.94. The molecule has 2 aromatic rings. The number of carbonyl (C=O) groups excluding carboxylic acids is 3. The summed E-state index contributed by atoms with van der Waals surface area (Å²) in [6, 6.07) is 5.78. The summed E-state index contributed by atoms with van der Waals surface area (Å²) in [4.78, 5) is 41.8. The van der Waals surface area contributed by atoms with E-state index in [-0.39, 0.29) is 49.0 Å². The van der Waals surface area contributed by atoms with Gasteiger partial charge in [-0.25, -0.2) is 0 Å². The lowest BCUT2D eigenvalue weighted by Gasteiger charge is -2.36. The summed E-state index contributed by atoms with van der Waals surface area (Å²) in [5, 5.41) is 9.47. The summed E-state index contributed by atoms with van der Waals surface area (Å²) in [6.45, 7) is 8.32. The number of hydrogen-bond acceptors (Lipinski definition) is 8. The van der Waals surface area contributed by atoms with Gasteiger partial charge >= 0.3 is 0 Å². The fourth-order valence-electron chi connectivity index (χ4n) is 4.42. The summed E-state index contributed by atoms with van der Waals surface area (Å²) in [5.41, 5.74) is -0.0366. The third kappa shape index (κ3) is 7.95. The van der Waals surface area contributed by atoms with Crippen LogP contribution in [0.25, 0.3) is 0 Å². The molecule has 0 bridgehead atoms. The van der Waals surface area contributed by atoms with E-state index in [0.29, 0.717) is 35.9 Å². The van der Waals surface area contributed by atoms with Gasteiger partial charge in [-0.05, 0) is 46.1 Å². The van der Waals surface area contributed by atoms with Gasteiger partial charge in [0.2, 0.25) is 17.7 Å². The summed E-state index contributed by atoms with van der Waals surface area (Å²) in [5.74, 6) is 0.522. The molecule has 2 atom stereocenters. The van der Waals surface area contributed by atoms with E-state index in [1.807, 2.05) is 20.8 Å². The second-order valence-corrected chi connectivity index (χ2v) is 10.3. The first kappa shape index (κ1) is 29.9. The Balaban J connectivity index is 1.95. The molecular formula is C28H40N4O7. The Hall–Kier alpha value is -3.60. The smallest absolute Gasteiger partial charge is 0.248 e. The lowest BCUT2D eigenvalue weighted by Crippen LogP contribution is -2.51. The molecular weight excluding hydrogens is 504 g/mol. The van der Waals surface area contributed by atoms with Crippen LogP contribution in [0.1, 0.15) is 70.2 Å². The molecule has 0 saturated carbocycles. The van der Waals surface area contributed by atoms with Crippen molar-refractivity contribution < 1.29 is 33.1 Å². The summed E-state index contributed by atoms with van der Waals surface area (Å²) in [6.07, 6.45) is 1.86. The van der Waals surface area contributed by atoms with Crippen LogP contribution in [-0.2, 0) is 19.1 Å². The number of rotatable bonds is 13. The number of aromatic nitrogens is 1. The van der Waals surface area contributed by atoms with Crippen molar-refractivity contribution in [1.82, 2.24) is 15.4 Å². The summed E-state index contributed by atoms with van der Waals surface area (Å²) < 4.78 is 22.0. The van der Waals surface area contributed by atoms with Gasteiger partial charge in [0.25, 0.3) is 0 Å². The van der Waals surface area contributed by atoms with Crippen LogP contribution < -0.4 is 20.1 Å². The Kier molecular flexibility index (Phi) is 10.3. The van der Waals surface area contributed by atoms with E-state index in [0.717, 1.165) is 12.8 Å². The molecule has 1 aliphatic heterocycles. The minimum atomic E-state index is -1.04. The number of benzene rings is 1. The monoisotopic (exact) mass is 544 g/mol. The molecule has 11 heteroatoms. The first-order chi connectivity index (χ1) is 18.6. The topological polar surface area (TPSA) is 132 Å². The average molecular weight is 545 g/mol. The number of carbonyl (C=O) groups is 3. The van der Waals surface area contributed by atoms with Gasteiger partial charge in [0, 0.05) is 43.2 Å². The van der Waals surface area contributed by atoms with E-state index in [4.69, 9.17) is 18.7 Å². The van der Waals surface area contributed by atoms with Gasteiger partial charge in [-0.2, -0.15) is 0 Å². The summed E-state index contributed by atoms with van der Waals surface area (Å²) >= 11 is 0. The molecule has 1 aromatic heterocycles. The van der Waals surface area contributed by atoms with Crippen LogP contribution in [0.3, 0.4) is 0 Å². The number of nitrogens with zero attached hydrogens (tertiary/aromatic N) is 2. The maximum atomic E-state index is 13.9. The van der Waals surface area contributed by atoms with Gasteiger partial charge < -0.3 is 34.3 Å². The molecule has 0 unspecified atom stereocenters. The Morgan fingerprint density at radius 1 is 1.21 bits per heavy atom. The highest BCUT2D eigenvalue weighted by atomic mass is 16.5. The number of methoxy groups -OCH3 is 2. The lowest BCUT2D eigenvalue weighted by atomic mass is 9.97. The normalized spacial score (nSPS) is 15.9.